The molecule has 0 heterocycles. The third-order valence-corrected chi connectivity index (χ3v) is 3.59. The molecule has 1 aliphatic rings. The molecule has 18 heavy (non-hydrogen) atoms. The van der Waals surface area contributed by atoms with Crippen LogP contribution in [0.4, 0.5) is 0 Å². The van der Waals surface area contributed by atoms with Gasteiger partial charge in [0.15, 0.2) is 0 Å². The van der Waals surface area contributed by atoms with Gasteiger partial charge < -0.3 is 11.1 Å². The maximum absolute atomic E-state index is 12.1. The fourth-order valence-corrected chi connectivity index (χ4v) is 2.40. The van der Waals surface area contributed by atoms with Crippen LogP contribution in [0.5, 0.6) is 0 Å². The molecule has 1 amide bonds. The van der Waals surface area contributed by atoms with Gasteiger partial charge in [-0.2, -0.15) is 0 Å². The summed E-state index contributed by atoms with van der Waals surface area (Å²) in [6.45, 7) is 4.65. The molecule has 3 heteroatoms. The summed E-state index contributed by atoms with van der Waals surface area (Å²) in [4.78, 5) is 12.1. The van der Waals surface area contributed by atoms with E-state index in [9.17, 15) is 4.79 Å². The van der Waals surface area contributed by atoms with Crippen molar-refractivity contribution >= 4 is 5.91 Å². The predicted molar refractivity (Wildman–Crippen MR) is 73.2 cm³/mol. The monoisotopic (exact) mass is 246 g/mol. The number of hydrogen-bond acceptors (Lipinski definition) is 2. The van der Waals surface area contributed by atoms with Crippen LogP contribution in [0.3, 0.4) is 0 Å². The van der Waals surface area contributed by atoms with E-state index in [1.165, 1.54) is 5.56 Å². The number of rotatable bonds is 5. The smallest absolute Gasteiger partial charge is 0.224 e. The van der Waals surface area contributed by atoms with Crippen LogP contribution >= 0.6 is 0 Å². The van der Waals surface area contributed by atoms with E-state index in [1.54, 1.807) is 0 Å². The van der Waals surface area contributed by atoms with Crippen LogP contribution in [-0.4, -0.2) is 18.0 Å². The molecule has 0 spiro atoms. The van der Waals surface area contributed by atoms with Gasteiger partial charge in [0.05, 0.1) is 0 Å². The lowest BCUT2D eigenvalue weighted by molar-refractivity contribution is -0.124. The van der Waals surface area contributed by atoms with Gasteiger partial charge in [0.25, 0.3) is 0 Å². The molecule has 0 saturated heterocycles. The van der Waals surface area contributed by atoms with Crippen molar-refractivity contribution in [2.24, 2.45) is 11.7 Å². The zero-order chi connectivity index (χ0) is 13.2. The molecule has 1 aliphatic carbocycles. The third kappa shape index (κ3) is 3.10. The molecule has 98 valence electrons. The first kappa shape index (κ1) is 13.1. The summed E-state index contributed by atoms with van der Waals surface area (Å²) in [5.74, 6) is 0.714. The number of benzene rings is 1. The molecule has 1 aromatic rings. The first-order valence-electron chi connectivity index (χ1n) is 6.60. The maximum Gasteiger partial charge on any atom is 0.224 e. The minimum atomic E-state index is -0.199. The van der Waals surface area contributed by atoms with E-state index in [4.69, 9.17) is 5.73 Å². The van der Waals surface area contributed by atoms with E-state index in [-0.39, 0.29) is 17.4 Å². The molecule has 2 unspecified atom stereocenters. The van der Waals surface area contributed by atoms with Gasteiger partial charge in [-0.1, -0.05) is 30.3 Å². The quantitative estimate of drug-likeness (QED) is 0.835. The second-order valence-corrected chi connectivity index (χ2v) is 5.77. The van der Waals surface area contributed by atoms with Crippen molar-refractivity contribution in [3.63, 3.8) is 0 Å². The predicted octanol–water partition coefficient (Wildman–Crippen LogP) is 2.03. The van der Waals surface area contributed by atoms with Gasteiger partial charge >= 0.3 is 0 Å². The molecule has 0 aliphatic heterocycles. The normalized spacial score (nSPS) is 22.6. The van der Waals surface area contributed by atoms with Crippen LogP contribution in [0.1, 0.15) is 38.2 Å². The Hall–Kier alpha value is -1.35. The van der Waals surface area contributed by atoms with Crippen molar-refractivity contribution in [2.75, 3.05) is 6.54 Å². The minimum absolute atomic E-state index is 0.143. The molecule has 0 radical (unpaired) electrons. The molecule has 1 fully saturated rings. The fourth-order valence-electron chi connectivity index (χ4n) is 2.40. The first-order valence-corrected chi connectivity index (χ1v) is 6.60. The lowest BCUT2D eigenvalue weighted by Crippen LogP contribution is -2.45. The molecule has 3 nitrogen and oxygen atoms in total. The highest BCUT2D eigenvalue weighted by Gasteiger charge is 2.44. The maximum atomic E-state index is 12.1. The Bertz CT molecular complexity index is 414. The van der Waals surface area contributed by atoms with Crippen molar-refractivity contribution in [1.29, 1.82) is 0 Å². The molecule has 2 rings (SSSR count). The topological polar surface area (TPSA) is 55.1 Å². The summed E-state index contributed by atoms with van der Waals surface area (Å²) >= 11 is 0. The second-order valence-electron chi connectivity index (χ2n) is 5.77. The van der Waals surface area contributed by atoms with Gasteiger partial charge in [-0.05, 0) is 44.7 Å². The molecule has 2 atom stereocenters. The standard InChI is InChI=1S/C15H22N2O/c1-15(2,8-9-16)17-14(18)13-10-12(13)11-6-4-3-5-7-11/h3-7,12-13H,8-10,16H2,1-2H3,(H,17,18). The molecule has 1 aromatic carbocycles. The Labute approximate surface area is 109 Å². The number of carbonyl (C=O) groups is 1. The van der Waals surface area contributed by atoms with E-state index in [2.05, 4.69) is 17.4 Å². The highest BCUT2D eigenvalue weighted by Crippen LogP contribution is 2.47. The SMILES string of the molecule is CC(C)(CCN)NC(=O)C1CC1c1ccccc1. The molecule has 3 N–H and O–H groups in total. The van der Waals surface area contributed by atoms with Crippen molar-refractivity contribution < 1.29 is 4.79 Å². The van der Waals surface area contributed by atoms with Crippen LogP contribution in [0.25, 0.3) is 0 Å². The number of nitrogens with one attached hydrogen (secondary N) is 1. The van der Waals surface area contributed by atoms with Gasteiger partial charge in [0, 0.05) is 11.5 Å². The van der Waals surface area contributed by atoms with Crippen molar-refractivity contribution in [3.8, 4) is 0 Å². The summed E-state index contributed by atoms with van der Waals surface area (Å²) in [6, 6.07) is 10.3. The Morgan fingerprint density at radius 1 is 1.39 bits per heavy atom. The minimum Gasteiger partial charge on any atom is -0.351 e. The Morgan fingerprint density at radius 3 is 2.67 bits per heavy atom. The molecule has 0 bridgehead atoms. The third-order valence-electron chi connectivity index (χ3n) is 3.59. The Kier molecular flexibility index (Phi) is 3.71. The van der Waals surface area contributed by atoms with Crippen LogP contribution in [0.2, 0.25) is 0 Å². The highest BCUT2D eigenvalue weighted by atomic mass is 16.2. The second kappa shape index (κ2) is 5.11. The summed E-state index contributed by atoms with van der Waals surface area (Å²) in [5.41, 5.74) is 6.62. The van der Waals surface area contributed by atoms with Crippen LogP contribution < -0.4 is 11.1 Å². The lowest BCUT2D eigenvalue weighted by Gasteiger charge is -2.25. The highest BCUT2D eigenvalue weighted by molar-refractivity contribution is 5.83. The van der Waals surface area contributed by atoms with Crippen LogP contribution in [0, 0.1) is 5.92 Å². The summed E-state index contributed by atoms with van der Waals surface area (Å²) in [6.07, 6.45) is 1.77. The molecular formula is C15H22N2O. The fraction of sp³-hybridized carbons (Fsp3) is 0.533. The van der Waals surface area contributed by atoms with Crippen LogP contribution in [0.15, 0.2) is 30.3 Å². The average molecular weight is 246 g/mol. The van der Waals surface area contributed by atoms with E-state index >= 15 is 0 Å². The summed E-state index contributed by atoms with van der Waals surface area (Å²) in [5, 5.41) is 3.10. The van der Waals surface area contributed by atoms with E-state index in [0.717, 1.165) is 12.8 Å². The van der Waals surface area contributed by atoms with Gasteiger partial charge in [-0.15, -0.1) is 0 Å². The van der Waals surface area contributed by atoms with E-state index < -0.39 is 0 Å². The Morgan fingerprint density at radius 2 is 2.06 bits per heavy atom. The zero-order valence-electron chi connectivity index (χ0n) is 11.1. The lowest BCUT2D eigenvalue weighted by atomic mass is 10.00. The summed E-state index contributed by atoms with van der Waals surface area (Å²) in [7, 11) is 0. The average Bonchev–Trinajstić information content (AvgIpc) is 3.09. The number of nitrogens with two attached hydrogens (primary N) is 1. The van der Waals surface area contributed by atoms with E-state index in [0.29, 0.717) is 12.5 Å². The van der Waals surface area contributed by atoms with Gasteiger partial charge in [-0.3, -0.25) is 4.79 Å². The van der Waals surface area contributed by atoms with Crippen molar-refractivity contribution in [1.82, 2.24) is 5.32 Å². The number of amides is 1. The van der Waals surface area contributed by atoms with Gasteiger partial charge in [0.2, 0.25) is 5.91 Å². The van der Waals surface area contributed by atoms with Gasteiger partial charge in [0.1, 0.15) is 0 Å². The first-order chi connectivity index (χ1) is 8.53. The Balaban J connectivity index is 1.90. The molecular weight excluding hydrogens is 224 g/mol. The van der Waals surface area contributed by atoms with Crippen molar-refractivity contribution in [2.45, 2.75) is 38.1 Å². The molecule has 1 saturated carbocycles. The largest absolute Gasteiger partial charge is 0.351 e. The van der Waals surface area contributed by atoms with Gasteiger partial charge in [-0.25, -0.2) is 0 Å². The molecule has 0 aromatic heterocycles. The van der Waals surface area contributed by atoms with E-state index in [1.807, 2.05) is 32.0 Å². The zero-order valence-corrected chi connectivity index (χ0v) is 11.1. The summed E-state index contributed by atoms with van der Waals surface area (Å²) < 4.78 is 0. The van der Waals surface area contributed by atoms with Crippen molar-refractivity contribution in [3.05, 3.63) is 35.9 Å². The number of hydrogen-bond donors (Lipinski definition) is 2. The van der Waals surface area contributed by atoms with Crippen LogP contribution in [-0.2, 0) is 4.79 Å². The number of carbonyl (C=O) groups excluding carboxylic acids is 1.